The second-order valence-corrected chi connectivity index (χ2v) is 14.2. The third-order valence-corrected chi connectivity index (χ3v) is 10.8. The number of β-lactam (4-membered cyclic amide) rings is 1. The van der Waals surface area contributed by atoms with Crippen molar-refractivity contribution in [3.63, 3.8) is 0 Å². The number of rotatable bonds is 7. The minimum Gasteiger partial charge on any atom is -0.497 e. The molecule has 174 valence electrons. The van der Waals surface area contributed by atoms with Crippen LogP contribution in [-0.4, -0.2) is 58.0 Å². The van der Waals surface area contributed by atoms with Crippen molar-refractivity contribution in [2.24, 2.45) is 5.92 Å². The molecule has 7 heteroatoms. The molecular formula is C25H35NO5Si. The molecule has 2 rings (SSSR count). The average Bonchev–Trinajstić information content (AvgIpc) is 2.72. The lowest BCUT2D eigenvalue weighted by Crippen LogP contribution is -2.65. The van der Waals surface area contributed by atoms with Crippen LogP contribution in [0.15, 0.2) is 36.4 Å². The Labute approximate surface area is 193 Å². The molecule has 0 aromatic heterocycles. The number of carbonyl (C=O) groups is 2. The first-order chi connectivity index (χ1) is 14.9. The van der Waals surface area contributed by atoms with E-state index in [0.29, 0.717) is 6.54 Å². The number of benzene rings is 1. The van der Waals surface area contributed by atoms with Crippen LogP contribution in [0.2, 0.25) is 18.1 Å². The second kappa shape index (κ2) is 10.4. The van der Waals surface area contributed by atoms with Gasteiger partial charge in [0, 0.05) is 18.2 Å². The standard InChI is InChI=1S/C25H35NO5Si/c1-18(31-32(7,8)25(2,3)4)23-21(16-13-19-11-14-20(29-5)15-12-19)26(24(23)28)17-9-10-22(27)30-6/h9-12,14-15,18,21,23H,17H2,1-8H3/b10-9+/t18-,21+,23-/m1/s1. The zero-order valence-electron chi connectivity index (χ0n) is 20.4. The fourth-order valence-electron chi connectivity index (χ4n) is 3.28. The fraction of sp³-hybridized carbons (Fsp3) is 0.520. The third-order valence-electron chi connectivity index (χ3n) is 6.25. The van der Waals surface area contributed by atoms with E-state index in [4.69, 9.17) is 9.16 Å². The van der Waals surface area contributed by atoms with Gasteiger partial charge in [0.1, 0.15) is 11.8 Å². The summed E-state index contributed by atoms with van der Waals surface area (Å²) in [5.41, 5.74) is 0.840. The molecule has 1 aromatic carbocycles. The van der Waals surface area contributed by atoms with E-state index in [0.717, 1.165) is 11.3 Å². The summed E-state index contributed by atoms with van der Waals surface area (Å²) in [5, 5.41) is 0.0429. The number of methoxy groups -OCH3 is 2. The monoisotopic (exact) mass is 457 g/mol. The zero-order chi connectivity index (χ0) is 24.1. The smallest absolute Gasteiger partial charge is 0.330 e. The Kier molecular flexibility index (Phi) is 8.33. The molecule has 6 nitrogen and oxygen atoms in total. The molecule has 0 unspecified atom stereocenters. The highest BCUT2D eigenvalue weighted by molar-refractivity contribution is 6.74. The number of amides is 1. The Bertz CT molecular complexity index is 905. The topological polar surface area (TPSA) is 65.1 Å². The van der Waals surface area contributed by atoms with Crippen LogP contribution in [0.5, 0.6) is 5.75 Å². The first-order valence-electron chi connectivity index (χ1n) is 10.8. The summed E-state index contributed by atoms with van der Waals surface area (Å²) >= 11 is 0. The molecule has 0 bridgehead atoms. The Morgan fingerprint density at radius 1 is 1.22 bits per heavy atom. The normalized spacial score (nSPS) is 19.8. The predicted molar refractivity (Wildman–Crippen MR) is 128 cm³/mol. The number of hydrogen-bond acceptors (Lipinski definition) is 5. The van der Waals surface area contributed by atoms with Crippen molar-refractivity contribution in [3.8, 4) is 17.6 Å². The van der Waals surface area contributed by atoms with Crippen LogP contribution in [-0.2, 0) is 18.8 Å². The van der Waals surface area contributed by atoms with Crippen molar-refractivity contribution in [1.29, 1.82) is 0 Å². The van der Waals surface area contributed by atoms with E-state index >= 15 is 0 Å². The molecule has 1 aliphatic rings. The minimum atomic E-state index is -2.05. The number of carbonyl (C=O) groups excluding carboxylic acids is 2. The van der Waals surface area contributed by atoms with Crippen LogP contribution in [0.4, 0.5) is 0 Å². The van der Waals surface area contributed by atoms with Crippen LogP contribution in [0.25, 0.3) is 0 Å². The first kappa shape index (κ1) is 25.7. The Morgan fingerprint density at radius 2 is 1.84 bits per heavy atom. The molecule has 1 aromatic rings. The number of likely N-dealkylation sites (tertiary alicyclic amines) is 1. The maximum absolute atomic E-state index is 13.0. The molecule has 1 heterocycles. The molecule has 0 radical (unpaired) electrons. The number of nitrogens with zero attached hydrogens (tertiary/aromatic N) is 1. The van der Waals surface area contributed by atoms with Gasteiger partial charge in [-0.3, -0.25) is 4.79 Å². The molecule has 0 aliphatic carbocycles. The zero-order valence-corrected chi connectivity index (χ0v) is 21.4. The molecular weight excluding hydrogens is 422 g/mol. The number of esters is 1. The maximum Gasteiger partial charge on any atom is 0.330 e. The predicted octanol–water partition coefficient (Wildman–Crippen LogP) is 4.01. The Hall–Kier alpha value is -2.56. The summed E-state index contributed by atoms with van der Waals surface area (Å²) in [4.78, 5) is 26.1. The Balaban J connectivity index is 2.25. The van der Waals surface area contributed by atoms with Gasteiger partial charge in [-0.2, -0.15) is 0 Å². The van der Waals surface area contributed by atoms with Crippen molar-refractivity contribution >= 4 is 20.2 Å². The van der Waals surface area contributed by atoms with E-state index in [1.165, 1.54) is 13.2 Å². The molecule has 0 N–H and O–H groups in total. The lowest BCUT2D eigenvalue weighted by atomic mass is 9.83. The number of ether oxygens (including phenoxy) is 2. The van der Waals surface area contributed by atoms with Gasteiger partial charge in [0.05, 0.1) is 26.2 Å². The molecule has 1 amide bonds. The maximum atomic E-state index is 13.0. The summed E-state index contributed by atoms with van der Waals surface area (Å²) in [6.07, 6.45) is 2.70. The SMILES string of the molecule is COC(=O)/C=C/CN1C(=O)[C@H]([C@@H](C)O[Si](C)(C)C(C)(C)C)[C@@H]1C#Cc1ccc(OC)cc1. The second-order valence-electron chi connectivity index (χ2n) is 9.47. The summed E-state index contributed by atoms with van der Waals surface area (Å²) in [5.74, 6) is 6.39. The van der Waals surface area contributed by atoms with Gasteiger partial charge in [-0.1, -0.05) is 38.7 Å². The minimum absolute atomic E-state index is 0.0141. The van der Waals surface area contributed by atoms with Crippen molar-refractivity contribution in [1.82, 2.24) is 4.90 Å². The first-order valence-corrected chi connectivity index (χ1v) is 13.7. The summed E-state index contributed by atoms with van der Waals surface area (Å²) in [7, 11) is 0.895. The summed E-state index contributed by atoms with van der Waals surface area (Å²) in [6.45, 7) is 13.2. The fourth-order valence-corrected chi connectivity index (χ4v) is 4.71. The molecule has 1 fully saturated rings. The molecule has 32 heavy (non-hydrogen) atoms. The van der Waals surface area contributed by atoms with Crippen molar-refractivity contribution in [2.45, 2.75) is 58.0 Å². The largest absolute Gasteiger partial charge is 0.497 e. The molecule has 0 saturated carbocycles. The molecule has 0 spiro atoms. The van der Waals surface area contributed by atoms with Crippen LogP contribution < -0.4 is 4.74 Å². The van der Waals surface area contributed by atoms with E-state index in [9.17, 15) is 9.59 Å². The van der Waals surface area contributed by atoms with Crippen LogP contribution >= 0.6 is 0 Å². The van der Waals surface area contributed by atoms with Gasteiger partial charge in [0.15, 0.2) is 8.32 Å². The highest BCUT2D eigenvalue weighted by atomic mass is 28.4. The molecule has 1 saturated heterocycles. The van der Waals surface area contributed by atoms with E-state index in [2.05, 4.69) is 50.4 Å². The lowest BCUT2D eigenvalue weighted by Gasteiger charge is -2.49. The van der Waals surface area contributed by atoms with Crippen molar-refractivity contribution < 1.29 is 23.5 Å². The lowest BCUT2D eigenvalue weighted by molar-refractivity contribution is -0.157. The van der Waals surface area contributed by atoms with Gasteiger partial charge in [-0.05, 0) is 49.3 Å². The molecule has 3 atom stereocenters. The highest BCUT2D eigenvalue weighted by Crippen LogP contribution is 2.40. The van der Waals surface area contributed by atoms with Crippen LogP contribution in [0.3, 0.4) is 0 Å². The Morgan fingerprint density at radius 3 is 2.38 bits per heavy atom. The van der Waals surface area contributed by atoms with Gasteiger partial charge >= 0.3 is 5.97 Å². The van der Waals surface area contributed by atoms with Gasteiger partial charge < -0.3 is 18.8 Å². The van der Waals surface area contributed by atoms with Crippen molar-refractivity contribution in [3.05, 3.63) is 42.0 Å². The van der Waals surface area contributed by atoms with Crippen LogP contribution in [0.1, 0.15) is 33.3 Å². The van der Waals surface area contributed by atoms with Gasteiger partial charge in [-0.25, -0.2) is 4.79 Å². The van der Waals surface area contributed by atoms with Gasteiger partial charge in [0.25, 0.3) is 0 Å². The molecule has 1 aliphatic heterocycles. The van der Waals surface area contributed by atoms with E-state index in [1.807, 2.05) is 31.2 Å². The van der Waals surface area contributed by atoms with Gasteiger partial charge in [-0.15, -0.1) is 0 Å². The summed E-state index contributed by atoms with van der Waals surface area (Å²) < 4.78 is 16.3. The van der Waals surface area contributed by atoms with Crippen LogP contribution in [0, 0.1) is 17.8 Å². The van der Waals surface area contributed by atoms with Crippen molar-refractivity contribution in [2.75, 3.05) is 20.8 Å². The van der Waals surface area contributed by atoms with E-state index in [1.54, 1.807) is 18.1 Å². The summed E-state index contributed by atoms with van der Waals surface area (Å²) in [6, 6.07) is 7.18. The third kappa shape index (κ3) is 6.02. The number of hydrogen-bond donors (Lipinski definition) is 0. The van der Waals surface area contributed by atoms with Gasteiger partial charge in [0.2, 0.25) is 5.91 Å². The quantitative estimate of drug-likeness (QED) is 0.203. The van der Waals surface area contributed by atoms with E-state index < -0.39 is 14.3 Å². The average molecular weight is 458 g/mol. The highest BCUT2D eigenvalue weighted by Gasteiger charge is 2.51. The van der Waals surface area contributed by atoms with E-state index in [-0.39, 0.29) is 29.0 Å².